The molecule has 0 spiro atoms. The van der Waals surface area contributed by atoms with Crippen LogP contribution in [0.1, 0.15) is 6.42 Å². The predicted molar refractivity (Wildman–Crippen MR) is 74.6 cm³/mol. The molecule has 1 fully saturated rings. The van der Waals surface area contributed by atoms with Crippen molar-refractivity contribution in [2.24, 2.45) is 0 Å². The molecule has 0 aromatic heterocycles. The minimum absolute atomic E-state index is 0.228. The molecular weight excluding hydrogens is 248 g/mol. The monoisotopic (exact) mass is 266 g/mol. The lowest BCUT2D eigenvalue weighted by Crippen LogP contribution is -2.46. The third kappa shape index (κ3) is 3.65. The van der Waals surface area contributed by atoms with Gasteiger partial charge in [0, 0.05) is 43.3 Å². The molecule has 5 heteroatoms. The van der Waals surface area contributed by atoms with Gasteiger partial charge in [0.2, 0.25) is 0 Å². The second-order valence-electron chi connectivity index (χ2n) is 4.49. The lowest BCUT2D eigenvalue weighted by Gasteiger charge is -2.36. The number of carbonyl (C=O) groups is 1. The van der Waals surface area contributed by atoms with E-state index in [9.17, 15) is 4.79 Å². The van der Waals surface area contributed by atoms with Gasteiger partial charge in [-0.3, -0.25) is 9.69 Å². The van der Waals surface area contributed by atoms with Crippen LogP contribution < -0.4 is 4.90 Å². The average Bonchev–Trinajstić information content (AvgIpc) is 2.37. The van der Waals surface area contributed by atoms with Crippen molar-refractivity contribution in [2.45, 2.75) is 11.3 Å². The highest BCUT2D eigenvalue weighted by atomic mass is 32.1. The van der Waals surface area contributed by atoms with Gasteiger partial charge in [-0.25, -0.2) is 0 Å². The summed E-state index contributed by atoms with van der Waals surface area (Å²) in [7, 11) is 0. The molecule has 4 nitrogen and oxygen atoms in total. The number of aliphatic carboxylic acids is 1. The molecule has 1 aromatic carbocycles. The van der Waals surface area contributed by atoms with Gasteiger partial charge >= 0.3 is 5.97 Å². The number of nitrogens with zero attached hydrogens (tertiary/aromatic N) is 2. The van der Waals surface area contributed by atoms with E-state index < -0.39 is 5.97 Å². The molecule has 1 saturated heterocycles. The van der Waals surface area contributed by atoms with Crippen molar-refractivity contribution >= 4 is 24.3 Å². The molecule has 2 rings (SSSR count). The van der Waals surface area contributed by atoms with E-state index in [1.54, 1.807) is 0 Å². The highest BCUT2D eigenvalue weighted by molar-refractivity contribution is 7.80. The molecule has 0 saturated carbocycles. The van der Waals surface area contributed by atoms with Crippen molar-refractivity contribution in [1.82, 2.24) is 4.90 Å². The van der Waals surface area contributed by atoms with Crippen molar-refractivity contribution in [1.29, 1.82) is 0 Å². The molecule has 98 valence electrons. The number of thiol groups is 1. The summed E-state index contributed by atoms with van der Waals surface area (Å²) < 4.78 is 0. The molecule has 1 aliphatic heterocycles. The van der Waals surface area contributed by atoms with E-state index in [1.165, 1.54) is 5.69 Å². The summed E-state index contributed by atoms with van der Waals surface area (Å²) in [5, 5.41) is 8.66. The van der Waals surface area contributed by atoms with Crippen molar-refractivity contribution in [3.8, 4) is 0 Å². The number of hydrogen-bond donors (Lipinski definition) is 2. The maximum atomic E-state index is 10.5. The summed E-state index contributed by atoms with van der Waals surface area (Å²) in [6.07, 6.45) is 0.228. The standard InChI is InChI=1S/C13H18N2O2S/c16-13(17)4-5-14-6-8-15(9-7-14)11-2-1-3-12(18)10-11/h1-3,10,18H,4-9H2,(H,16,17). The fourth-order valence-corrected chi connectivity index (χ4v) is 2.39. The van der Waals surface area contributed by atoms with E-state index in [2.05, 4.69) is 34.6 Å². The third-order valence-electron chi connectivity index (χ3n) is 3.21. The Morgan fingerprint density at radius 1 is 1.28 bits per heavy atom. The van der Waals surface area contributed by atoms with Gasteiger partial charge in [0.25, 0.3) is 0 Å². The Hall–Kier alpha value is -1.20. The smallest absolute Gasteiger partial charge is 0.304 e. The van der Waals surface area contributed by atoms with E-state index in [1.807, 2.05) is 12.1 Å². The SMILES string of the molecule is O=C(O)CCN1CCN(c2cccc(S)c2)CC1. The molecule has 1 heterocycles. The largest absolute Gasteiger partial charge is 0.481 e. The predicted octanol–water partition coefficient (Wildman–Crippen LogP) is 1.57. The maximum absolute atomic E-state index is 10.5. The van der Waals surface area contributed by atoms with Crippen LogP contribution >= 0.6 is 12.6 Å². The van der Waals surface area contributed by atoms with Crippen molar-refractivity contribution in [3.05, 3.63) is 24.3 Å². The van der Waals surface area contributed by atoms with E-state index in [0.29, 0.717) is 6.54 Å². The number of anilines is 1. The van der Waals surface area contributed by atoms with Gasteiger partial charge < -0.3 is 10.0 Å². The highest BCUT2D eigenvalue weighted by Gasteiger charge is 2.17. The number of carboxylic acid groups (broad SMARTS) is 1. The molecule has 1 aliphatic rings. The lowest BCUT2D eigenvalue weighted by molar-refractivity contribution is -0.137. The Labute approximate surface area is 113 Å². The van der Waals surface area contributed by atoms with E-state index in [-0.39, 0.29) is 6.42 Å². The Kier molecular flexibility index (Phi) is 4.49. The second kappa shape index (κ2) is 6.11. The van der Waals surface area contributed by atoms with Gasteiger partial charge in [0.15, 0.2) is 0 Å². The quantitative estimate of drug-likeness (QED) is 0.812. The van der Waals surface area contributed by atoms with Crippen LogP contribution in [0.15, 0.2) is 29.2 Å². The minimum atomic E-state index is -0.722. The summed E-state index contributed by atoms with van der Waals surface area (Å²) in [6.45, 7) is 4.37. The van der Waals surface area contributed by atoms with Gasteiger partial charge in [0.1, 0.15) is 0 Å². The molecule has 18 heavy (non-hydrogen) atoms. The summed E-state index contributed by atoms with van der Waals surface area (Å²) in [6, 6.07) is 8.13. The first-order valence-corrected chi connectivity index (χ1v) is 6.58. The van der Waals surface area contributed by atoms with E-state index in [4.69, 9.17) is 5.11 Å². The lowest BCUT2D eigenvalue weighted by atomic mass is 10.2. The van der Waals surface area contributed by atoms with Crippen LogP contribution in [0.4, 0.5) is 5.69 Å². The first-order chi connectivity index (χ1) is 8.65. The van der Waals surface area contributed by atoms with Crippen LogP contribution in [0.2, 0.25) is 0 Å². The molecule has 0 amide bonds. The van der Waals surface area contributed by atoms with Crippen LogP contribution in [-0.4, -0.2) is 48.7 Å². The van der Waals surface area contributed by atoms with Gasteiger partial charge in [-0.05, 0) is 18.2 Å². The highest BCUT2D eigenvalue weighted by Crippen LogP contribution is 2.19. The minimum Gasteiger partial charge on any atom is -0.481 e. The summed E-state index contributed by atoms with van der Waals surface area (Å²) in [5.41, 5.74) is 1.19. The second-order valence-corrected chi connectivity index (χ2v) is 5.01. The summed E-state index contributed by atoms with van der Waals surface area (Å²) in [5.74, 6) is -0.722. The van der Waals surface area contributed by atoms with Crippen LogP contribution in [0.3, 0.4) is 0 Å². The molecular formula is C13H18N2O2S. The Balaban J connectivity index is 1.85. The Morgan fingerprint density at radius 2 is 2.00 bits per heavy atom. The number of piperazine rings is 1. The van der Waals surface area contributed by atoms with Crippen LogP contribution in [-0.2, 0) is 4.79 Å². The van der Waals surface area contributed by atoms with Crippen molar-refractivity contribution < 1.29 is 9.90 Å². The number of benzene rings is 1. The van der Waals surface area contributed by atoms with Gasteiger partial charge in [-0.15, -0.1) is 12.6 Å². The zero-order valence-corrected chi connectivity index (χ0v) is 11.1. The molecule has 0 radical (unpaired) electrons. The first kappa shape index (κ1) is 13.2. The number of hydrogen-bond acceptors (Lipinski definition) is 4. The van der Waals surface area contributed by atoms with Gasteiger partial charge in [-0.1, -0.05) is 6.07 Å². The first-order valence-electron chi connectivity index (χ1n) is 6.13. The van der Waals surface area contributed by atoms with Crippen LogP contribution in [0.25, 0.3) is 0 Å². The molecule has 0 aliphatic carbocycles. The van der Waals surface area contributed by atoms with Crippen LogP contribution in [0, 0.1) is 0 Å². The fourth-order valence-electron chi connectivity index (χ4n) is 2.17. The van der Waals surface area contributed by atoms with E-state index >= 15 is 0 Å². The third-order valence-corrected chi connectivity index (χ3v) is 3.49. The number of carboxylic acids is 1. The Bertz CT molecular complexity index is 417. The molecule has 0 atom stereocenters. The molecule has 1 N–H and O–H groups in total. The van der Waals surface area contributed by atoms with Crippen LogP contribution in [0.5, 0.6) is 0 Å². The fraction of sp³-hybridized carbons (Fsp3) is 0.462. The molecule has 1 aromatic rings. The Morgan fingerprint density at radius 3 is 2.61 bits per heavy atom. The van der Waals surface area contributed by atoms with Gasteiger partial charge in [-0.2, -0.15) is 0 Å². The topological polar surface area (TPSA) is 43.8 Å². The number of rotatable bonds is 4. The zero-order valence-electron chi connectivity index (χ0n) is 10.2. The normalized spacial score (nSPS) is 16.8. The van der Waals surface area contributed by atoms with Crippen molar-refractivity contribution in [2.75, 3.05) is 37.6 Å². The molecule has 0 bridgehead atoms. The summed E-state index contributed by atoms with van der Waals surface area (Å²) >= 11 is 4.34. The average molecular weight is 266 g/mol. The zero-order chi connectivity index (χ0) is 13.0. The van der Waals surface area contributed by atoms with Crippen molar-refractivity contribution in [3.63, 3.8) is 0 Å². The maximum Gasteiger partial charge on any atom is 0.304 e. The van der Waals surface area contributed by atoms with Gasteiger partial charge in [0.05, 0.1) is 6.42 Å². The van der Waals surface area contributed by atoms with E-state index in [0.717, 1.165) is 31.1 Å². The summed E-state index contributed by atoms with van der Waals surface area (Å²) in [4.78, 5) is 16.0. The molecule has 0 unspecified atom stereocenters.